The number of ether oxygens (including phenoxy) is 2. The van der Waals surface area contributed by atoms with Crippen molar-refractivity contribution in [2.45, 2.75) is 53.6 Å². The highest BCUT2D eigenvalue weighted by atomic mass is 16.5. The van der Waals surface area contributed by atoms with Gasteiger partial charge in [-0.25, -0.2) is 0 Å². The highest BCUT2D eigenvalue weighted by molar-refractivity contribution is 6.02. The largest absolute Gasteiger partial charge is 0.490 e. The second-order valence-electron chi connectivity index (χ2n) is 8.45. The molecule has 2 heterocycles. The van der Waals surface area contributed by atoms with Crippen LogP contribution >= 0.6 is 0 Å². The zero-order valence-corrected chi connectivity index (χ0v) is 19.0. The fraction of sp³-hybridized carbons (Fsp3) is 0.440. The topological polar surface area (TPSA) is 76.3 Å². The normalized spacial score (nSPS) is 14.7. The Morgan fingerprint density at radius 3 is 2.58 bits per heavy atom. The molecule has 2 aromatic rings. The first-order valence-electron chi connectivity index (χ1n) is 10.8. The molecule has 6 heteroatoms. The molecule has 0 radical (unpaired) electrons. The summed E-state index contributed by atoms with van der Waals surface area (Å²) in [4.78, 5) is 12.8. The summed E-state index contributed by atoms with van der Waals surface area (Å²) in [5, 5.41) is 12.6. The number of nitriles is 1. The van der Waals surface area contributed by atoms with Crippen molar-refractivity contribution >= 4 is 12.0 Å². The quantitative estimate of drug-likeness (QED) is 0.541. The van der Waals surface area contributed by atoms with Gasteiger partial charge >= 0.3 is 0 Å². The predicted octanol–water partition coefficient (Wildman–Crippen LogP) is 4.71. The van der Waals surface area contributed by atoms with Crippen molar-refractivity contribution < 1.29 is 14.3 Å². The van der Waals surface area contributed by atoms with Crippen molar-refractivity contribution in [3.63, 3.8) is 0 Å². The van der Waals surface area contributed by atoms with Gasteiger partial charge in [-0.15, -0.1) is 0 Å². The summed E-state index contributed by atoms with van der Waals surface area (Å²) in [5.74, 6) is 1.52. The van der Waals surface area contributed by atoms with Crippen molar-refractivity contribution in [1.29, 1.82) is 5.26 Å². The second-order valence-corrected chi connectivity index (χ2v) is 8.45. The van der Waals surface area contributed by atoms with Gasteiger partial charge in [-0.05, 0) is 62.1 Å². The average molecular weight is 422 g/mol. The molecule has 1 aromatic heterocycles. The number of nitrogens with zero attached hydrogens (tertiary/aromatic N) is 2. The second kappa shape index (κ2) is 9.74. The Morgan fingerprint density at radius 1 is 1.19 bits per heavy atom. The number of nitrogens with one attached hydrogen (secondary N) is 1. The van der Waals surface area contributed by atoms with Gasteiger partial charge < -0.3 is 19.4 Å². The molecule has 6 nitrogen and oxygen atoms in total. The monoisotopic (exact) mass is 421 g/mol. The van der Waals surface area contributed by atoms with Crippen LogP contribution < -0.4 is 14.8 Å². The van der Waals surface area contributed by atoms with E-state index in [9.17, 15) is 10.1 Å². The Bertz CT molecular complexity index is 1030. The van der Waals surface area contributed by atoms with Crippen molar-refractivity contribution in [2.24, 2.45) is 5.92 Å². The van der Waals surface area contributed by atoms with Crippen molar-refractivity contribution in [3.8, 4) is 17.6 Å². The number of amides is 1. The average Bonchev–Trinajstić information content (AvgIpc) is 2.90. The lowest BCUT2D eigenvalue weighted by molar-refractivity contribution is -0.117. The molecule has 0 saturated heterocycles. The standard InChI is InChI=1S/C25H31N3O3/c1-16(2)15-28-17(3)11-21(19(28)5)12-22(14-26)25(29)27-18(4)20-7-8-23-24(13-20)31-10-6-9-30-23/h7-8,11-13,16,18H,6,9-10,15H2,1-5H3,(H,27,29)/b22-12+. The van der Waals surface area contributed by atoms with Crippen LogP contribution in [0.4, 0.5) is 0 Å². The van der Waals surface area contributed by atoms with E-state index in [4.69, 9.17) is 9.47 Å². The molecule has 1 unspecified atom stereocenters. The Labute approximate surface area is 184 Å². The minimum atomic E-state index is -0.393. The number of aryl methyl sites for hydroxylation is 1. The van der Waals surface area contributed by atoms with Crippen LogP contribution in [0.5, 0.6) is 11.5 Å². The number of carbonyl (C=O) groups excluding carboxylic acids is 1. The van der Waals surface area contributed by atoms with Gasteiger partial charge in [0.1, 0.15) is 11.6 Å². The van der Waals surface area contributed by atoms with Gasteiger partial charge in [-0.3, -0.25) is 4.79 Å². The number of aromatic nitrogens is 1. The van der Waals surface area contributed by atoms with E-state index in [-0.39, 0.29) is 11.6 Å². The Hall–Kier alpha value is -3.20. The van der Waals surface area contributed by atoms with Gasteiger partial charge in [0.25, 0.3) is 5.91 Å². The first kappa shape index (κ1) is 22.5. The number of hydrogen-bond acceptors (Lipinski definition) is 4. The van der Waals surface area contributed by atoms with Crippen LogP contribution in [0.1, 0.15) is 55.7 Å². The molecule has 1 amide bonds. The lowest BCUT2D eigenvalue weighted by atomic mass is 10.1. The molecule has 1 aliphatic heterocycles. The van der Waals surface area contributed by atoms with Gasteiger partial charge in [-0.2, -0.15) is 5.26 Å². The van der Waals surface area contributed by atoms with Crippen LogP contribution in [0, 0.1) is 31.1 Å². The smallest absolute Gasteiger partial charge is 0.262 e. The molecule has 0 saturated carbocycles. The number of rotatable bonds is 6. The SMILES string of the molecule is Cc1cc(/C=C(\C#N)C(=O)NC(C)c2ccc3c(c2)OCCCO3)c(C)n1CC(C)C. The molecule has 3 rings (SSSR count). The van der Waals surface area contributed by atoms with Crippen LogP contribution in [-0.4, -0.2) is 23.7 Å². The van der Waals surface area contributed by atoms with Gasteiger partial charge in [0.15, 0.2) is 11.5 Å². The van der Waals surface area contributed by atoms with E-state index in [0.717, 1.165) is 35.5 Å². The van der Waals surface area contributed by atoms with Crippen molar-refractivity contribution in [1.82, 2.24) is 9.88 Å². The molecular formula is C25H31N3O3. The summed E-state index contributed by atoms with van der Waals surface area (Å²) in [6, 6.07) is 9.46. The summed E-state index contributed by atoms with van der Waals surface area (Å²) < 4.78 is 13.6. The fourth-order valence-corrected chi connectivity index (χ4v) is 3.73. The Morgan fingerprint density at radius 2 is 1.90 bits per heavy atom. The first-order chi connectivity index (χ1) is 14.8. The summed E-state index contributed by atoms with van der Waals surface area (Å²) in [7, 11) is 0. The molecular weight excluding hydrogens is 390 g/mol. The molecule has 0 bridgehead atoms. The summed E-state index contributed by atoms with van der Waals surface area (Å²) in [6.45, 7) is 12.4. The van der Waals surface area contributed by atoms with Crippen LogP contribution in [0.2, 0.25) is 0 Å². The lowest BCUT2D eigenvalue weighted by Gasteiger charge is -2.16. The Kier molecular flexibility index (Phi) is 7.06. The zero-order chi connectivity index (χ0) is 22.5. The van der Waals surface area contributed by atoms with E-state index < -0.39 is 5.91 Å². The number of fused-ring (bicyclic) bond motifs is 1. The predicted molar refractivity (Wildman–Crippen MR) is 121 cm³/mol. The van der Waals surface area contributed by atoms with E-state index in [1.807, 2.05) is 45.0 Å². The van der Waals surface area contributed by atoms with Crippen LogP contribution in [-0.2, 0) is 11.3 Å². The van der Waals surface area contributed by atoms with Gasteiger partial charge in [-0.1, -0.05) is 19.9 Å². The van der Waals surface area contributed by atoms with Crippen LogP contribution in [0.15, 0.2) is 29.8 Å². The summed E-state index contributed by atoms with van der Waals surface area (Å²) in [6.07, 6.45) is 2.51. The molecule has 0 aliphatic carbocycles. The van der Waals surface area contributed by atoms with Crippen molar-refractivity contribution in [3.05, 3.63) is 52.4 Å². The maximum Gasteiger partial charge on any atom is 0.262 e. The van der Waals surface area contributed by atoms with Gasteiger partial charge in [0.2, 0.25) is 0 Å². The molecule has 1 N–H and O–H groups in total. The molecule has 1 aromatic carbocycles. The molecule has 1 aliphatic rings. The van der Waals surface area contributed by atoms with Crippen molar-refractivity contribution in [2.75, 3.05) is 13.2 Å². The Balaban J connectivity index is 1.77. The first-order valence-corrected chi connectivity index (χ1v) is 10.8. The highest BCUT2D eigenvalue weighted by Crippen LogP contribution is 2.32. The summed E-state index contributed by atoms with van der Waals surface area (Å²) >= 11 is 0. The van der Waals surface area contributed by atoms with E-state index in [1.54, 1.807) is 6.08 Å². The van der Waals surface area contributed by atoms with Crippen LogP contribution in [0.3, 0.4) is 0 Å². The maximum atomic E-state index is 12.8. The highest BCUT2D eigenvalue weighted by Gasteiger charge is 2.18. The number of carbonyl (C=O) groups is 1. The third-order valence-electron chi connectivity index (χ3n) is 5.44. The molecule has 31 heavy (non-hydrogen) atoms. The van der Waals surface area contributed by atoms with Gasteiger partial charge in [0, 0.05) is 24.4 Å². The van der Waals surface area contributed by atoms with E-state index in [0.29, 0.717) is 30.6 Å². The minimum absolute atomic E-state index is 0.0889. The molecule has 1 atom stereocenters. The third-order valence-corrected chi connectivity index (χ3v) is 5.44. The van der Waals surface area contributed by atoms with Gasteiger partial charge in [0.05, 0.1) is 19.3 Å². The molecule has 0 fully saturated rings. The fourth-order valence-electron chi connectivity index (χ4n) is 3.73. The van der Waals surface area contributed by atoms with E-state index in [1.165, 1.54) is 0 Å². The molecule has 164 valence electrons. The lowest BCUT2D eigenvalue weighted by Crippen LogP contribution is -2.27. The third kappa shape index (κ3) is 5.29. The van der Waals surface area contributed by atoms with E-state index in [2.05, 4.69) is 29.8 Å². The number of hydrogen-bond donors (Lipinski definition) is 1. The van der Waals surface area contributed by atoms with E-state index >= 15 is 0 Å². The molecule has 0 spiro atoms. The summed E-state index contributed by atoms with van der Waals surface area (Å²) in [5.41, 5.74) is 4.06. The zero-order valence-electron chi connectivity index (χ0n) is 19.0. The van der Waals surface area contributed by atoms with Crippen LogP contribution in [0.25, 0.3) is 6.08 Å². The number of benzene rings is 1. The maximum absolute atomic E-state index is 12.8. The minimum Gasteiger partial charge on any atom is -0.490 e.